The molecule has 0 spiro atoms. The van der Waals surface area contributed by atoms with E-state index < -0.39 is 0 Å². The average molecular weight is 352 g/mol. The lowest BCUT2D eigenvalue weighted by Crippen LogP contribution is -2.24. The second-order valence-corrected chi connectivity index (χ2v) is 6.83. The van der Waals surface area contributed by atoms with Crippen LogP contribution in [0.2, 0.25) is 0 Å². The quantitative estimate of drug-likeness (QED) is 0.839. The molecule has 0 aliphatic carbocycles. The molecule has 0 bridgehead atoms. The van der Waals surface area contributed by atoms with E-state index >= 15 is 0 Å². The lowest BCUT2D eigenvalue weighted by Gasteiger charge is -2.07. The summed E-state index contributed by atoms with van der Waals surface area (Å²) in [4.78, 5) is 12.1. The minimum absolute atomic E-state index is 0.0858. The van der Waals surface area contributed by atoms with Crippen molar-refractivity contribution in [3.05, 3.63) is 47.1 Å². The maximum atomic E-state index is 12.1. The van der Waals surface area contributed by atoms with Crippen molar-refractivity contribution in [2.75, 3.05) is 13.2 Å². The van der Waals surface area contributed by atoms with Crippen molar-refractivity contribution in [1.82, 2.24) is 20.1 Å². The van der Waals surface area contributed by atoms with Gasteiger partial charge in [-0.3, -0.25) is 4.79 Å². The second kappa shape index (κ2) is 7.72. The average Bonchev–Trinajstić information content (AvgIpc) is 3.20. The van der Waals surface area contributed by atoms with Gasteiger partial charge in [0, 0.05) is 38.4 Å². The van der Waals surface area contributed by atoms with Crippen molar-refractivity contribution in [3.63, 3.8) is 0 Å². The zero-order chi connectivity index (χ0) is 17.8. The molecule has 3 heterocycles. The van der Waals surface area contributed by atoms with E-state index in [1.165, 1.54) is 24.8 Å². The third-order valence-corrected chi connectivity index (χ3v) is 4.97. The third-order valence-electron chi connectivity index (χ3n) is 4.97. The lowest BCUT2D eigenvalue weighted by molar-refractivity contribution is -0.116. The van der Waals surface area contributed by atoms with Gasteiger partial charge in [0.2, 0.25) is 5.91 Å². The van der Waals surface area contributed by atoms with Crippen LogP contribution < -0.4 is 10.1 Å². The third kappa shape index (κ3) is 3.79. The summed E-state index contributed by atoms with van der Waals surface area (Å²) in [7, 11) is 0. The number of aromatic nitrogens is 3. The zero-order valence-corrected chi connectivity index (χ0v) is 14.9. The molecule has 2 aliphatic rings. The number of aryl methyl sites for hydroxylation is 1. The van der Waals surface area contributed by atoms with Crippen LogP contribution in [-0.4, -0.2) is 33.8 Å². The standard InChI is InChI=1S/C20H24N4O2/c25-20(8-6-15-5-7-17-16(14-15)10-13-26-17)21-11-9-19-23-22-18-4-2-1-3-12-24(18)19/h5-8,14H,1-4,9-13H2,(H,21,25)/b8-6+. The Hall–Kier alpha value is -2.63. The molecule has 0 fully saturated rings. The Balaban J connectivity index is 1.28. The summed E-state index contributed by atoms with van der Waals surface area (Å²) < 4.78 is 7.72. The Labute approximate surface area is 153 Å². The maximum absolute atomic E-state index is 12.1. The van der Waals surface area contributed by atoms with Crippen LogP contribution in [0.4, 0.5) is 0 Å². The largest absolute Gasteiger partial charge is 0.493 e. The van der Waals surface area contributed by atoms with E-state index in [4.69, 9.17) is 4.74 Å². The number of rotatable bonds is 5. The molecule has 0 saturated heterocycles. The number of fused-ring (bicyclic) bond motifs is 2. The zero-order valence-electron chi connectivity index (χ0n) is 14.9. The molecule has 0 atom stereocenters. The highest BCUT2D eigenvalue weighted by atomic mass is 16.5. The number of ether oxygens (including phenoxy) is 1. The Morgan fingerprint density at radius 3 is 3.15 bits per heavy atom. The van der Waals surface area contributed by atoms with Gasteiger partial charge in [-0.15, -0.1) is 10.2 Å². The highest BCUT2D eigenvalue weighted by molar-refractivity contribution is 5.91. The molecular formula is C20H24N4O2. The molecule has 1 N–H and O–H groups in total. The van der Waals surface area contributed by atoms with Crippen molar-refractivity contribution >= 4 is 12.0 Å². The summed E-state index contributed by atoms with van der Waals surface area (Å²) in [6, 6.07) is 6.02. The Kier molecular flexibility index (Phi) is 5.00. The normalized spacial score (nSPS) is 16.0. The Morgan fingerprint density at radius 1 is 1.23 bits per heavy atom. The minimum atomic E-state index is -0.0858. The van der Waals surface area contributed by atoms with Crippen LogP contribution in [-0.2, 0) is 30.6 Å². The van der Waals surface area contributed by atoms with Gasteiger partial charge in [0.1, 0.15) is 17.4 Å². The molecule has 1 amide bonds. The SMILES string of the molecule is O=C(/C=C/c1ccc2c(c1)CCO2)NCCc1nnc2n1CCCCC2. The fourth-order valence-electron chi connectivity index (χ4n) is 3.57. The predicted octanol–water partition coefficient (Wildman–Crippen LogP) is 2.31. The monoisotopic (exact) mass is 352 g/mol. The predicted molar refractivity (Wildman–Crippen MR) is 99.0 cm³/mol. The molecule has 1 aromatic heterocycles. The van der Waals surface area contributed by atoms with Gasteiger partial charge in [-0.25, -0.2) is 0 Å². The first-order valence-corrected chi connectivity index (χ1v) is 9.42. The van der Waals surface area contributed by atoms with Gasteiger partial charge >= 0.3 is 0 Å². The smallest absolute Gasteiger partial charge is 0.244 e. The molecule has 0 radical (unpaired) electrons. The lowest BCUT2D eigenvalue weighted by atomic mass is 10.1. The van der Waals surface area contributed by atoms with Gasteiger partial charge in [0.15, 0.2) is 0 Å². The van der Waals surface area contributed by atoms with Crippen LogP contribution in [0.3, 0.4) is 0 Å². The van der Waals surface area contributed by atoms with Gasteiger partial charge in [0.05, 0.1) is 6.61 Å². The minimum Gasteiger partial charge on any atom is -0.493 e. The summed E-state index contributed by atoms with van der Waals surface area (Å²) in [5.41, 5.74) is 2.23. The fourth-order valence-corrected chi connectivity index (χ4v) is 3.57. The molecule has 136 valence electrons. The number of hydrogen-bond acceptors (Lipinski definition) is 4. The molecule has 0 unspecified atom stereocenters. The number of nitrogens with zero attached hydrogens (tertiary/aromatic N) is 3. The van der Waals surface area contributed by atoms with E-state index in [-0.39, 0.29) is 5.91 Å². The highest BCUT2D eigenvalue weighted by Gasteiger charge is 2.14. The first-order valence-electron chi connectivity index (χ1n) is 9.42. The summed E-state index contributed by atoms with van der Waals surface area (Å²) >= 11 is 0. The van der Waals surface area contributed by atoms with E-state index in [0.29, 0.717) is 13.0 Å². The van der Waals surface area contributed by atoms with E-state index in [9.17, 15) is 4.79 Å². The molecule has 0 saturated carbocycles. The first kappa shape index (κ1) is 16.8. The van der Waals surface area contributed by atoms with Gasteiger partial charge in [-0.2, -0.15) is 0 Å². The van der Waals surface area contributed by atoms with Gasteiger partial charge in [-0.05, 0) is 42.2 Å². The van der Waals surface area contributed by atoms with Crippen molar-refractivity contribution in [2.24, 2.45) is 0 Å². The van der Waals surface area contributed by atoms with Gasteiger partial charge < -0.3 is 14.6 Å². The van der Waals surface area contributed by atoms with Crippen molar-refractivity contribution in [1.29, 1.82) is 0 Å². The van der Waals surface area contributed by atoms with E-state index in [2.05, 4.69) is 26.1 Å². The molecular weight excluding hydrogens is 328 g/mol. The molecule has 2 aromatic rings. The van der Waals surface area contributed by atoms with Crippen LogP contribution in [0.5, 0.6) is 5.75 Å². The number of carbonyl (C=O) groups excluding carboxylic acids is 1. The first-order chi connectivity index (χ1) is 12.8. The summed E-state index contributed by atoms with van der Waals surface area (Å²) in [6.45, 7) is 2.31. The van der Waals surface area contributed by atoms with E-state index in [0.717, 1.165) is 49.0 Å². The topological polar surface area (TPSA) is 69.0 Å². The van der Waals surface area contributed by atoms with E-state index in [1.54, 1.807) is 6.08 Å². The number of carbonyl (C=O) groups is 1. The number of benzene rings is 1. The highest BCUT2D eigenvalue weighted by Crippen LogP contribution is 2.26. The Bertz CT molecular complexity index is 825. The van der Waals surface area contributed by atoms with Crippen LogP contribution in [0.25, 0.3) is 6.08 Å². The van der Waals surface area contributed by atoms with Gasteiger partial charge in [-0.1, -0.05) is 12.5 Å². The molecule has 2 aliphatic heterocycles. The number of hydrogen-bond donors (Lipinski definition) is 1. The van der Waals surface area contributed by atoms with Crippen LogP contribution in [0, 0.1) is 0 Å². The van der Waals surface area contributed by atoms with Crippen LogP contribution in [0.1, 0.15) is 42.0 Å². The van der Waals surface area contributed by atoms with Crippen LogP contribution >= 0.6 is 0 Å². The van der Waals surface area contributed by atoms with Crippen molar-refractivity contribution < 1.29 is 9.53 Å². The van der Waals surface area contributed by atoms with Crippen molar-refractivity contribution in [3.8, 4) is 5.75 Å². The molecule has 6 heteroatoms. The second-order valence-electron chi connectivity index (χ2n) is 6.83. The fraction of sp³-hybridized carbons (Fsp3) is 0.450. The molecule has 4 rings (SSSR count). The number of nitrogens with one attached hydrogen (secondary N) is 1. The van der Waals surface area contributed by atoms with E-state index in [1.807, 2.05) is 18.2 Å². The summed E-state index contributed by atoms with van der Waals surface area (Å²) in [5.74, 6) is 2.94. The Morgan fingerprint density at radius 2 is 2.19 bits per heavy atom. The molecule has 1 aromatic carbocycles. The van der Waals surface area contributed by atoms with Gasteiger partial charge in [0.25, 0.3) is 0 Å². The molecule has 6 nitrogen and oxygen atoms in total. The van der Waals surface area contributed by atoms with Crippen molar-refractivity contribution in [2.45, 2.75) is 45.1 Å². The summed E-state index contributed by atoms with van der Waals surface area (Å²) in [5, 5.41) is 11.5. The molecule has 26 heavy (non-hydrogen) atoms. The number of amides is 1. The maximum Gasteiger partial charge on any atom is 0.244 e. The van der Waals surface area contributed by atoms with Crippen LogP contribution in [0.15, 0.2) is 24.3 Å². The summed E-state index contributed by atoms with van der Waals surface area (Å²) in [6.07, 6.45) is 9.70.